The highest BCUT2D eigenvalue weighted by Gasteiger charge is 2.10. The lowest BCUT2D eigenvalue weighted by Crippen LogP contribution is -1.89. The Morgan fingerprint density at radius 2 is 1.73 bits per heavy atom. The Hall–Kier alpha value is -2.33. The number of phenols is 1. The monoisotopic (exact) mass is 310 g/mol. The number of thiazole rings is 1. The minimum absolute atomic E-state index is 0.262. The summed E-state index contributed by atoms with van der Waals surface area (Å²) in [6.07, 6.45) is 1.05. The van der Waals surface area contributed by atoms with Gasteiger partial charge in [0.2, 0.25) is 0 Å². The second-order valence-electron chi connectivity index (χ2n) is 5.15. The number of aromatic hydroxyl groups is 1. The minimum Gasteiger partial charge on any atom is -0.508 e. The average Bonchev–Trinajstić information content (AvgIpc) is 2.90. The zero-order valence-electron chi connectivity index (χ0n) is 12.6. The van der Waals surface area contributed by atoms with Gasteiger partial charge in [-0.15, -0.1) is 11.3 Å². The van der Waals surface area contributed by atoms with E-state index in [0.29, 0.717) is 0 Å². The maximum atomic E-state index is 9.32. The van der Waals surface area contributed by atoms with Gasteiger partial charge in [0.1, 0.15) is 5.75 Å². The molecule has 1 heterocycles. The number of hydrogen-bond donors (Lipinski definition) is 2. The van der Waals surface area contributed by atoms with Crippen molar-refractivity contribution < 1.29 is 5.11 Å². The predicted molar refractivity (Wildman–Crippen MR) is 93.1 cm³/mol. The first-order valence-corrected chi connectivity index (χ1v) is 8.10. The SMILES string of the molecule is CCc1ccc(-c2nc(Nc3ccc(O)cc3)sc2C)cc1. The van der Waals surface area contributed by atoms with Gasteiger partial charge in [-0.25, -0.2) is 4.98 Å². The molecule has 22 heavy (non-hydrogen) atoms. The van der Waals surface area contributed by atoms with E-state index in [1.54, 1.807) is 23.5 Å². The van der Waals surface area contributed by atoms with Crippen LogP contribution in [0.3, 0.4) is 0 Å². The number of benzene rings is 2. The topological polar surface area (TPSA) is 45.2 Å². The summed E-state index contributed by atoms with van der Waals surface area (Å²) in [4.78, 5) is 5.88. The quantitative estimate of drug-likeness (QED) is 0.657. The van der Waals surface area contributed by atoms with E-state index in [1.165, 1.54) is 10.4 Å². The molecule has 3 aromatic rings. The van der Waals surface area contributed by atoms with Gasteiger partial charge in [0, 0.05) is 16.1 Å². The molecule has 0 saturated heterocycles. The molecular weight excluding hydrogens is 292 g/mol. The first-order valence-electron chi connectivity index (χ1n) is 7.28. The molecule has 0 bridgehead atoms. The number of phenolic OH excluding ortho intramolecular Hbond substituents is 1. The van der Waals surface area contributed by atoms with E-state index in [1.807, 2.05) is 12.1 Å². The molecule has 2 N–H and O–H groups in total. The summed E-state index contributed by atoms with van der Waals surface area (Å²) >= 11 is 1.63. The summed E-state index contributed by atoms with van der Waals surface area (Å²) in [7, 11) is 0. The predicted octanol–water partition coefficient (Wildman–Crippen LogP) is 5.13. The van der Waals surface area contributed by atoms with Gasteiger partial charge in [-0.1, -0.05) is 31.2 Å². The van der Waals surface area contributed by atoms with Gasteiger partial charge in [0.25, 0.3) is 0 Å². The summed E-state index contributed by atoms with van der Waals surface area (Å²) in [5.41, 5.74) is 4.41. The molecule has 0 unspecified atom stereocenters. The molecule has 0 aliphatic carbocycles. The number of hydrogen-bond acceptors (Lipinski definition) is 4. The third-order valence-electron chi connectivity index (χ3n) is 3.55. The number of aryl methyl sites for hydroxylation is 2. The second kappa shape index (κ2) is 6.20. The maximum Gasteiger partial charge on any atom is 0.187 e. The van der Waals surface area contributed by atoms with Crippen molar-refractivity contribution in [3.05, 3.63) is 59.0 Å². The maximum absolute atomic E-state index is 9.32. The fourth-order valence-corrected chi connectivity index (χ4v) is 3.14. The molecular formula is C18H18N2OS. The summed E-state index contributed by atoms with van der Waals surface area (Å²) in [6, 6.07) is 15.6. The Labute approximate surface area is 134 Å². The first kappa shape index (κ1) is 14.6. The van der Waals surface area contributed by atoms with Crippen LogP contribution in [0.15, 0.2) is 48.5 Å². The Kier molecular flexibility index (Phi) is 4.11. The molecule has 3 rings (SSSR count). The Morgan fingerprint density at radius 3 is 2.36 bits per heavy atom. The van der Waals surface area contributed by atoms with Gasteiger partial charge >= 0.3 is 0 Å². The van der Waals surface area contributed by atoms with Gasteiger partial charge < -0.3 is 10.4 Å². The van der Waals surface area contributed by atoms with E-state index < -0.39 is 0 Å². The standard InChI is InChI=1S/C18H18N2OS/c1-3-13-4-6-14(7-5-13)17-12(2)22-18(20-17)19-15-8-10-16(21)11-9-15/h4-11,21H,3H2,1-2H3,(H,19,20). The molecule has 0 amide bonds. The molecule has 0 spiro atoms. The number of nitrogens with zero attached hydrogens (tertiary/aromatic N) is 1. The largest absolute Gasteiger partial charge is 0.508 e. The lowest BCUT2D eigenvalue weighted by atomic mass is 10.1. The zero-order valence-corrected chi connectivity index (χ0v) is 13.4. The lowest BCUT2D eigenvalue weighted by Gasteiger charge is -2.02. The van der Waals surface area contributed by atoms with Gasteiger partial charge in [0.05, 0.1) is 5.69 Å². The highest BCUT2D eigenvalue weighted by atomic mass is 32.1. The molecule has 0 saturated carbocycles. The van der Waals surface area contributed by atoms with Crippen molar-refractivity contribution in [3.8, 4) is 17.0 Å². The van der Waals surface area contributed by atoms with Crippen LogP contribution >= 0.6 is 11.3 Å². The van der Waals surface area contributed by atoms with Crippen LogP contribution < -0.4 is 5.32 Å². The molecule has 3 nitrogen and oxygen atoms in total. The third kappa shape index (κ3) is 3.12. The van der Waals surface area contributed by atoms with Crippen molar-refractivity contribution in [1.82, 2.24) is 4.98 Å². The smallest absolute Gasteiger partial charge is 0.187 e. The zero-order chi connectivity index (χ0) is 15.5. The molecule has 0 fully saturated rings. The van der Waals surface area contributed by atoms with Crippen LogP contribution in [0.5, 0.6) is 5.75 Å². The fourth-order valence-electron chi connectivity index (χ4n) is 2.28. The van der Waals surface area contributed by atoms with Crippen molar-refractivity contribution in [2.45, 2.75) is 20.3 Å². The first-order chi connectivity index (χ1) is 10.7. The number of anilines is 2. The van der Waals surface area contributed by atoms with Crippen molar-refractivity contribution in [1.29, 1.82) is 0 Å². The molecule has 0 atom stereocenters. The number of rotatable bonds is 4. The van der Waals surface area contributed by atoms with Crippen molar-refractivity contribution in [2.75, 3.05) is 5.32 Å². The Bertz CT molecular complexity index is 761. The van der Waals surface area contributed by atoms with Crippen LogP contribution in [0, 0.1) is 6.92 Å². The van der Waals surface area contributed by atoms with Gasteiger partial charge in [-0.3, -0.25) is 0 Å². The normalized spacial score (nSPS) is 10.6. The van der Waals surface area contributed by atoms with E-state index in [9.17, 15) is 5.11 Å². The molecule has 2 aromatic carbocycles. The van der Waals surface area contributed by atoms with Gasteiger partial charge in [-0.2, -0.15) is 0 Å². The van der Waals surface area contributed by atoms with Crippen LogP contribution in [-0.2, 0) is 6.42 Å². The Balaban J connectivity index is 1.85. The molecule has 4 heteroatoms. The van der Waals surface area contributed by atoms with Crippen molar-refractivity contribution in [3.63, 3.8) is 0 Å². The highest BCUT2D eigenvalue weighted by molar-refractivity contribution is 7.16. The van der Waals surface area contributed by atoms with Gasteiger partial charge in [-0.05, 0) is 43.2 Å². The van der Waals surface area contributed by atoms with E-state index in [2.05, 4.69) is 43.4 Å². The average molecular weight is 310 g/mol. The van der Waals surface area contributed by atoms with E-state index in [0.717, 1.165) is 28.5 Å². The third-order valence-corrected chi connectivity index (χ3v) is 4.44. The van der Waals surface area contributed by atoms with E-state index in [4.69, 9.17) is 4.98 Å². The number of nitrogens with one attached hydrogen (secondary N) is 1. The van der Waals surface area contributed by atoms with Crippen molar-refractivity contribution >= 4 is 22.2 Å². The molecule has 0 aliphatic heterocycles. The van der Waals surface area contributed by atoms with Crippen LogP contribution in [-0.4, -0.2) is 10.1 Å². The van der Waals surface area contributed by atoms with Crippen molar-refractivity contribution in [2.24, 2.45) is 0 Å². The summed E-state index contributed by atoms with van der Waals surface area (Å²) < 4.78 is 0. The highest BCUT2D eigenvalue weighted by Crippen LogP contribution is 2.32. The second-order valence-corrected chi connectivity index (χ2v) is 6.35. The summed E-state index contributed by atoms with van der Waals surface area (Å²) in [5.74, 6) is 0.262. The van der Waals surface area contributed by atoms with Crippen LogP contribution in [0.25, 0.3) is 11.3 Å². The molecule has 112 valence electrons. The minimum atomic E-state index is 0.262. The van der Waals surface area contributed by atoms with Crippen LogP contribution in [0.1, 0.15) is 17.4 Å². The van der Waals surface area contributed by atoms with E-state index >= 15 is 0 Å². The van der Waals surface area contributed by atoms with E-state index in [-0.39, 0.29) is 5.75 Å². The molecule has 0 aliphatic rings. The fraction of sp³-hybridized carbons (Fsp3) is 0.167. The number of aromatic nitrogens is 1. The summed E-state index contributed by atoms with van der Waals surface area (Å²) in [6.45, 7) is 4.24. The molecule has 0 radical (unpaired) electrons. The Morgan fingerprint density at radius 1 is 1.05 bits per heavy atom. The summed E-state index contributed by atoms with van der Waals surface area (Å²) in [5, 5.41) is 13.5. The van der Waals surface area contributed by atoms with Gasteiger partial charge in [0.15, 0.2) is 5.13 Å². The van der Waals surface area contributed by atoms with Crippen LogP contribution in [0.4, 0.5) is 10.8 Å². The van der Waals surface area contributed by atoms with Crippen LogP contribution in [0.2, 0.25) is 0 Å². The molecule has 1 aromatic heterocycles. The lowest BCUT2D eigenvalue weighted by molar-refractivity contribution is 0.475.